The van der Waals surface area contributed by atoms with Gasteiger partial charge in [0.05, 0.1) is 0 Å². The van der Waals surface area contributed by atoms with E-state index in [-0.39, 0.29) is 24.4 Å². The van der Waals surface area contributed by atoms with E-state index in [1.165, 1.54) is 0 Å². The van der Waals surface area contributed by atoms with Gasteiger partial charge in [0.1, 0.15) is 5.69 Å². The fourth-order valence-corrected chi connectivity index (χ4v) is 2.49. The van der Waals surface area contributed by atoms with Gasteiger partial charge < -0.3 is 16.0 Å². The van der Waals surface area contributed by atoms with E-state index in [2.05, 4.69) is 32.9 Å². The van der Waals surface area contributed by atoms with Crippen LogP contribution in [-0.4, -0.2) is 23.0 Å². The van der Waals surface area contributed by atoms with Gasteiger partial charge >= 0.3 is 0 Å². The Kier molecular flexibility index (Phi) is 5.75. The van der Waals surface area contributed by atoms with Crippen LogP contribution >= 0.6 is 35.0 Å². The highest BCUT2D eigenvalue weighted by molar-refractivity contribution is 14.1. The molecule has 0 bridgehead atoms. The minimum atomic E-state index is -0.0108. The van der Waals surface area contributed by atoms with Gasteiger partial charge in [-0.3, -0.25) is 4.79 Å². The van der Waals surface area contributed by atoms with E-state index in [0.29, 0.717) is 11.7 Å². The highest BCUT2D eigenvalue weighted by Crippen LogP contribution is 2.17. The molecule has 0 saturated heterocycles. The lowest BCUT2D eigenvalue weighted by molar-refractivity contribution is 0.0921. The Morgan fingerprint density at radius 1 is 1.41 bits per heavy atom. The van der Waals surface area contributed by atoms with E-state index in [4.69, 9.17) is 5.73 Å². The zero-order valence-corrected chi connectivity index (χ0v) is 12.4. The average molecular weight is 370 g/mol. The number of nitrogens with two attached hydrogens (primary N) is 1. The van der Waals surface area contributed by atoms with E-state index in [1.54, 1.807) is 0 Å². The number of carbonyl (C=O) groups excluding carboxylic acids is 1. The number of rotatable bonds is 2. The second-order valence-corrected chi connectivity index (χ2v) is 5.56. The maximum absolute atomic E-state index is 11.8. The summed E-state index contributed by atoms with van der Waals surface area (Å²) in [5.74, 6) is -0.0108. The molecule has 0 aliphatic heterocycles. The number of aromatic nitrogens is 1. The van der Waals surface area contributed by atoms with Crippen LogP contribution in [0.15, 0.2) is 12.3 Å². The lowest BCUT2D eigenvalue weighted by Gasteiger charge is -2.26. The molecular weight excluding hydrogens is 352 g/mol. The second-order valence-electron chi connectivity index (χ2n) is 4.32. The molecule has 96 valence electrons. The normalized spacial score (nSPS) is 23.9. The molecule has 0 atom stereocenters. The average Bonchev–Trinajstić information content (AvgIpc) is 2.68. The van der Waals surface area contributed by atoms with Crippen LogP contribution in [0.1, 0.15) is 36.2 Å². The first-order valence-corrected chi connectivity index (χ1v) is 6.63. The maximum atomic E-state index is 11.8. The molecule has 4 nitrogen and oxygen atoms in total. The zero-order chi connectivity index (χ0) is 11.5. The maximum Gasteiger partial charge on any atom is 0.267 e. The second kappa shape index (κ2) is 6.61. The number of halogens is 2. The molecule has 1 heterocycles. The van der Waals surface area contributed by atoms with Crippen molar-refractivity contribution < 1.29 is 4.79 Å². The fourth-order valence-electron chi connectivity index (χ4n) is 2.03. The van der Waals surface area contributed by atoms with E-state index < -0.39 is 0 Å². The van der Waals surface area contributed by atoms with Crippen LogP contribution in [0.5, 0.6) is 0 Å². The van der Waals surface area contributed by atoms with Gasteiger partial charge in [0.15, 0.2) is 0 Å². The van der Waals surface area contributed by atoms with Crippen LogP contribution in [0.25, 0.3) is 0 Å². The lowest BCUT2D eigenvalue weighted by Crippen LogP contribution is -2.40. The van der Waals surface area contributed by atoms with Gasteiger partial charge in [0.2, 0.25) is 0 Å². The lowest BCUT2D eigenvalue weighted by atomic mass is 9.92. The Balaban J connectivity index is 0.00000144. The Morgan fingerprint density at radius 3 is 2.59 bits per heavy atom. The summed E-state index contributed by atoms with van der Waals surface area (Å²) >= 11 is 2.18. The standard InChI is InChI=1S/C11H16IN3O.ClH/c12-7-5-10(14-6-7)11(16)15-9-3-1-8(13)2-4-9;/h5-6,8-9,14H,1-4,13H2,(H,15,16);1H. The van der Waals surface area contributed by atoms with Crippen LogP contribution in [0.2, 0.25) is 0 Å². The van der Waals surface area contributed by atoms with Crippen molar-refractivity contribution >= 4 is 40.9 Å². The van der Waals surface area contributed by atoms with Crippen LogP contribution in [0, 0.1) is 3.57 Å². The Hall–Kier alpha value is -0.270. The quantitative estimate of drug-likeness (QED) is 0.698. The van der Waals surface area contributed by atoms with Crippen molar-refractivity contribution in [1.29, 1.82) is 0 Å². The van der Waals surface area contributed by atoms with Gasteiger partial charge in [-0.25, -0.2) is 0 Å². The fraction of sp³-hybridized carbons (Fsp3) is 0.545. The minimum absolute atomic E-state index is 0. The van der Waals surface area contributed by atoms with Crippen molar-refractivity contribution in [3.63, 3.8) is 0 Å². The Morgan fingerprint density at radius 2 is 2.06 bits per heavy atom. The highest BCUT2D eigenvalue weighted by Gasteiger charge is 2.20. The summed E-state index contributed by atoms with van der Waals surface area (Å²) < 4.78 is 1.05. The van der Waals surface area contributed by atoms with Gasteiger partial charge in [-0.2, -0.15) is 0 Å². The van der Waals surface area contributed by atoms with Crippen LogP contribution in [0.3, 0.4) is 0 Å². The molecule has 0 unspecified atom stereocenters. The molecule has 1 aromatic rings. The molecular formula is C11H17ClIN3O. The SMILES string of the molecule is Cl.NC1CCC(NC(=O)c2cc(I)c[nH]2)CC1. The molecule has 2 rings (SSSR count). The predicted octanol–water partition coefficient (Wildman–Crippen LogP) is 2.04. The van der Waals surface area contributed by atoms with E-state index >= 15 is 0 Å². The molecule has 1 amide bonds. The number of aromatic amines is 1. The largest absolute Gasteiger partial charge is 0.356 e. The molecule has 0 radical (unpaired) electrons. The molecule has 1 saturated carbocycles. The minimum Gasteiger partial charge on any atom is -0.356 e. The number of hydrogen-bond donors (Lipinski definition) is 3. The number of H-pyrrole nitrogens is 1. The van der Waals surface area contributed by atoms with Crippen molar-refractivity contribution in [3.05, 3.63) is 21.5 Å². The molecule has 0 aromatic carbocycles. The first-order chi connectivity index (χ1) is 7.65. The van der Waals surface area contributed by atoms with Crippen LogP contribution in [0.4, 0.5) is 0 Å². The third kappa shape index (κ3) is 4.15. The smallest absolute Gasteiger partial charge is 0.267 e. The van der Waals surface area contributed by atoms with Crippen molar-refractivity contribution in [2.24, 2.45) is 5.73 Å². The summed E-state index contributed by atoms with van der Waals surface area (Å²) in [6.45, 7) is 0. The highest BCUT2D eigenvalue weighted by atomic mass is 127. The summed E-state index contributed by atoms with van der Waals surface area (Å²) in [6, 6.07) is 2.46. The summed E-state index contributed by atoms with van der Waals surface area (Å²) in [5.41, 5.74) is 6.46. The molecule has 6 heteroatoms. The van der Waals surface area contributed by atoms with E-state index in [1.807, 2.05) is 12.3 Å². The molecule has 4 N–H and O–H groups in total. The third-order valence-corrected chi connectivity index (χ3v) is 3.62. The molecule has 1 aliphatic carbocycles. The van der Waals surface area contributed by atoms with Gasteiger partial charge in [-0.15, -0.1) is 12.4 Å². The summed E-state index contributed by atoms with van der Waals surface area (Å²) in [4.78, 5) is 14.8. The van der Waals surface area contributed by atoms with E-state index in [0.717, 1.165) is 29.3 Å². The first-order valence-electron chi connectivity index (χ1n) is 5.55. The van der Waals surface area contributed by atoms with Crippen molar-refractivity contribution in [3.8, 4) is 0 Å². The monoisotopic (exact) mass is 369 g/mol. The summed E-state index contributed by atoms with van der Waals surface area (Å²) in [7, 11) is 0. The Bertz CT molecular complexity index is 375. The van der Waals surface area contributed by atoms with Crippen LogP contribution in [-0.2, 0) is 0 Å². The zero-order valence-electron chi connectivity index (χ0n) is 9.41. The molecule has 17 heavy (non-hydrogen) atoms. The topological polar surface area (TPSA) is 70.9 Å². The Labute approximate surface area is 121 Å². The third-order valence-electron chi connectivity index (χ3n) is 3.00. The summed E-state index contributed by atoms with van der Waals surface area (Å²) in [6.07, 6.45) is 5.82. The molecule has 1 aliphatic rings. The summed E-state index contributed by atoms with van der Waals surface area (Å²) in [5, 5.41) is 3.04. The van der Waals surface area contributed by atoms with Gasteiger partial charge in [0, 0.05) is 21.9 Å². The van der Waals surface area contributed by atoms with Crippen molar-refractivity contribution in [1.82, 2.24) is 10.3 Å². The molecule has 1 aromatic heterocycles. The van der Waals surface area contributed by atoms with Gasteiger partial charge in [-0.1, -0.05) is 0 Å². The number of nitrogens with one attached hydrogen (secondary N) is 2. The van der Waals surface area contributed by atoms with Crippen LogP contribution < -0.4 is 11.1 Å². The first kappa shape index (κ1) is 14.8. The van der Waals surface area contributed by atoms with Gasteiger partial charge in [-0.05, 0) is 54.3 Å². The van der Waals surface area contributed by atoms with Crippen molar-refractivity contribution in [2.45, 2.75) is 37.8 Å². The van der Waals surface area contributed by atoms with E-state index in [9.17, 15) is 4.79 Å². The molecule has 1 fully saturated rings. The predicted molar refractivity (Wildman–Crippen MR) is 78.5 cm³/mol. The number of hydrogen-bond acceptors (Lipinski definition) is 2. The number of amides is 1. The molecule has 0 spiro atoms. The van der Waals surface area contributed by atoms with Crippen molar-refractivity contribution in [2.75, 3.05) is 0 Å². The van der Waals surface area contributed by atoms with Gasteiger partial charge in [0.25, 0.3) is 5.91 Å². The number of carbonyl (C=O) groups is 1.